The van der Waals surface area contributed by atoms with E-state index in [0.29, 0.717) is 54.4 Å². The fourth-order valence-corrected chi connectivity index (χ4v) is 6.69. The van der Waals surface area contributed by atoms with Crippen LogP contribution in [0.4, 0.5) is 0 Å². The standard InChI is InChI=1S/C30H32N2O5/c1-36-26-15-27-24(23(14-30(35)37-27)20-6-3-2-4-7-20)13-21(26)10-11-28(33)31-16-19-12-22(18-31)25-8-5-9-29(34)32(25)17-19/h2-4,6-7,13-15,19,22,25H,5,8-12,16-18H2,1H3/t19-,22+,25?/m1/s1. The summed E-state index contributed by atoms with van der Waals surface area (Å²) >= 11 is 0. The van der Waals surface area contributed by atoms with Crippen molar-refractivity contribution in [2.45, 2.75) is 44.6 Å². The maximum Gasteiger partial charge on any atom is 0.336 e. The molecule has 0 radical (unpaired) electrons. The van der Waals surface area contributed by atoms with Gasteiger partial charge in [-0.15, -0.1) is 0 Å². The summed E-state index contributed by atoms with van der Waals surface area (Å²) < 4.78 is 11.1. The number of carbonyl (C=O) groups excluding carboxylic acids is 2. The van der Waals surface area contributed by atoms with Crippen molar-refractivity contribution in [2.24, 2.45) is 11.8 Å². The summed E-state index contributed by atoms with van der Waals surface area (Å²) in [5, 5.41) is 0.823. The first-order valence-electron chi connectivity index (χ1n) is 13.3. The van der Waals surface area contributed by atoms with Crippen LogP contribution in [0.25, 0.3) is 22.1 Å². The molecule has 3 aliphatic heterocycles. The first kappa shape index (κ1) is 23.8. The number of likely N-dealkylation sites (tertiary alicyclic amines) is 1. The molecule has 3 fully saturated rings. The van der Waals surface area contributed by atoms with E-state index in [-0.39, 0.29) is 5.91 Å². The van der Waals surface area contributed by atoms with Crippen molar-refractivity contribution < 1.29 is 18.7 Å². The third kappa shape index (κ3) is 4.52. The first-order chi connectivity index (χ1) is 18.0. The number of nitrogens with zero attached hydrogens (tertiary/aromatic N) is 2. The van der Waals surface area contributed by atoms with Gasteiger partial charge in [-0.2, -0.15) is 0 Å². The Balaban J connectivity index is 1.22. The van der Waals surface area contributed by atoms with Gasteiger partial charge in [0.15, 0.2) is 0 Å². The van der Waals surface area contributed by atoms with E-state index in [9.17, 15) is 14.4 Å². The molecule has 7 nitrogen and oxygen atoms in total. The highest BCUT2D eigenvalue weighted by Crippen LogP contribution is 2.38. The molecule has 3 saturated heterocycles. The van der Waals surface area contributed by atoms with Gasteiger partial charge in [0, 0.05) is 56.0 Å². The molecule has 7 heteroatoms. The van der Waals surface area contributed by atoms with Gasteiger partial charge in [0.2, 0.25) is 11.8 Å². The number of aryl methyl sites for hydroxylation is 1. The molecule has 3 aromatic rings. The molecule has 2 aromatic carbocycles. The molecule has 1 aromatic heterocycles. The Bertz CT molecular complexity index is 1400. The van der Waals surface area contributed by atoms with Crippen LogP contribution in [0.2, 0.25) is 0 Å². The Morgan fingerprint density at radius 1 is 1.08 bits per heavy atom. The second-order valence-electron chi connectivity index (χ2n) is 10.7. The molecule has 0 saturated carbocycles. The molecular weight excluding hydrogens is 468 g/mol. The van der Waals surface area contributed by atoms with Gasteiger partial charge in [-0.05, 0) is 60.3 Å². The van der Waals surface area contributed by atoms with Gasteiger partial charge < -0.3 is 19.0 Å². The quantitative estimate of drug-likeness (QED) is 0.489. The van der Waals surface area contributed by atoms with Crippen LogP contribution in [0.5, 0.6) is 5.75 Å². The van der Waals surface area contributed by atoms with Crippen molar-refractivity contribution in [2.75, 3.05) is 26.7 Å². The van der Waals surface area contributed by atoms with Crippen molar-refractivity contribution in [1.82, 2.24) is 9.80 Å². The van der Waals surface area contributed by atoms with Crippen molar-refractivity contribution in [3.8, 4) is 16.9 Å². The van der Waals surface area contributed by atoms with E-state index in [1.165, 1.54) is 6.07 Å². The lowest BCUT2D eigenvalue weighted by molar-refractivity contribution is -0.148. The Kier molecular flexibility index (Phi) is 6.22. The van der Waals surface area contributed by atoms with Crippen LogP contribution >= 0.6 is 0 Å². The lowest BCUT2D eigenvalue weighted by Crippen LogP contribution is -2.61. The number of hydrogen-bond acceptors (Lipinski definition) is 5. The average Bonchev–Trinajstić information content (AvgIpc) is 2.91. The van der Waals surface area contributed by atoms with Gasteiger partial charge >= 0.3 is 5.63 Å². The molecule has 2 amide bonds. The van der Waals surface area contributed by atoms with Crippen molar-refractivity contribution >= 4 is 22.8 Å². The highest BCUT2D eigenvalue weighted by molar-refractivity contribution is 5.94. The van der Waals surface area contributed by atoms with Crippen molar-refractivity contribution in [3.63, 3.8) is 0 Å². The van der Waals surface area contributed by atoms with Gasteiger partial charge in [-0.25, -0.2) is 4.79 Å². The minimum atomic E-state index is -0.412. The van der Waals surface area contributed by atoms with E-state index in [1.807, 2.05) is 41.3 Å². The minimum absolute atomic E-state index is 0.148. The summed E-state index contributed by atoms with van der Waals surface area (Å²) in [5.74, 6) is 1.80. The molecule has 4 heterocycles. The summed E-state index contributed by atoms with van der Waals surface area (Å²) in [5.41, 5.74) is 2.70. The molecule has 192 valence electrons. The number of methoxy groups -OCH3 is 1. The van der Waals surface area contributed by atoms with Gasteiger partial charge in [0.1, 0.15) is 11.3 Å². The third-order valence-electron chi connectivity index (χ3n) is 8.37. The van der Waals surface area contributed by atoms with Crippen molar-refractivity contribution in [3.05, 3.63) is 64.5 Å². The van der Waals surface area contributed by atoms with E-state index in [1.54, 1.807) is 13.2 Å². The third-order valence-corrected chi connectivity index (χ3v) is 8.37. The van der Waals surface area contributed by atoms with Crippen LogP contribution in [0, 0.1) is 11.8 Å². The predicted octanol–water partition coefficient (Wildman–Crippen LogP) is 4.26. The predicted molar refractivity (Wildman–Crippen MR) is 140 cm³/mol. The molecule has 1 unspecified atom stereocenters. The monoisotopic (exact) mass is 500 g/mol. The second kappa shape index (κ2) is 9.69. The Labute approximate surface area is 216 Å². The fourth-order valence-electron chi connectivity index (χ4n) is 6.69. The smallest absolute Gasteiger partial charge is 0.336 e. The zero-order chi connectivity index (χ0) is 25.5. The van der Waals surface area contributed by atoms with Gasteiger partial charge in [-0.3, -0.25) is 9.59 Å². The van der Waals surface area contributed by atoms with Gasteiger partial charge in [0.25, 0.3) is 0 Å². The summed E-state index contributed by atoms with van der Waals surface area (Å²) in [6.07, 6.45) is 4.71. The number of rotatable bonds is 5. The zero-order valence-electron chi connectivity index (χ0n) is 21.2. The maximum atomic E-state index is 13.4. The van der Waals surface area contributed by atoms with E-state index >= 15 is 0 Å². The molecule has 2 bridgehead atoms. The Morgan fingerprint density at radius 3 is 2.73 bits per heavy atom. The number of piperidine rings is 3. The lowest BCUT2D eigenvalue weighted by atomic mass is 9.76. The largest absolute Gasteiger partial charge is 0.496 e. The Morgan fingerprint density at radius 2 is 1.92 bits per heavy atom. The number of hydrogen-bond donors (Lipinski definition) is 0. The summed E-state index contributed by atoms with van der Waals surface area (Å²) in [6.45, 7) is 2.25. The topological polar surface area (TPSA) is 80.1 Å². The van der Waals surface area contributed by atoms with E-state index in [2.05, 4.69) is 4.90 Å². The molecule has 0 N–H and O–H groups in total. The lowest BCUT2D eigenvalue weighted by Gasteiger charge is -2.52. The van der Waals surface area contributed by atoms with Crippen LogP contribution in [0.15, 0.2) is 57.7 Å². The van der Waals surface area contributed by atoms with E-state index in [4.69, 9.17) is 9.15 Å². The van der Waals surface area contributed by atoms with Crippen LogP contribution < -0.4 is 10.4 Å². The zero-order valence-corrected chi connectivity index (χ0v) is 21.2. The first-order valence-corrected chi connectivity index (χ1v) is 13.3. The van der Waals surface area contributed by atoms with Crippen LogP contribution in [0.1, 0.15) is 37.7 Å². The van der Waals surface area contributed by atoms with E-state index < -0.39 is 5.63 Å². The summed E-state index contributed by atoms with van der Waals surface area (Å²) in [7, 11) is 1.59. The second-order valence-corrected chi connectivity index (χ2v) is 10.7. The Hall–Kier alpha value is -3.61. The maximum absolute atomic E-state index is 13.4. The number of benzene rings is 2. The number of carbonyl (C=O) groups is 2. The van der Waals surface area contributed by atoms with Crippen LogP contribution in [-0.4, -0.2) is 54.4 Å². The normalized spacial score (nSPS) is 23.2. The highest BCUT2D eigenvalue weighted by atomic mass is 16.5. The molecule has 3 aliphatic rings. The van der Waals surface area contributed by atoms with Crippen LogP contribution in [0.3, 0.4) is 0 Å². The van der Waals surface area contributed by atoms with Gasteiger partial charge in [0.05, 0.1) is 7.11 Å². The highest BCUT2D eigenvalue weighted by Gasteiger charge is 2.44. The van der Waals surface area contributed by atoms with Crippen LogP contribution in [-0.2, 0) is 16.0 Å². The number of ether oxygens (including phenoxy) is 1. The fraction of sp³-hybridized carbons (Fsp3) is 0.433. The molecule has 37 heavy (non-hydrogen) atoms. The number of amides is 2. The molecular formula is C30H32N2O5. The average molecular weight is 501 g/mol. The van der Waals surface area contributed by atoms with E-state index in [0.717, 1.165) is 61.0 Å². The minimum Gasteiger partial charge on any atom is -0.496 e. The SMILES string of the molecule is COc1cc2oc(=O)cc(-c3ccccc3)c2cc1CCC(=O)N1C[C@H]2C[C@@H](C1)C1CCCC(=O)N1C2. The molecule has 0 aliphatic carbocycles. The summed E-state index contributed by atoms with van der Waals surface area (Å²) in [6, 6.07) is 15.3. The molecule has 0 spiro atoms. The summed E-state index contributed by atoms with van der Waals surface area (Å²) in [4.78, 5) is 42.2. The molecule has 6 rings (SSSR count). The molecule has 3 atom stereocenters. The van der Waals surface area contributed by atoms with Crippen molar-refractivity contribution in [1.29, 1.82) is 0 Å². The number of fused-ring (bicyclic) bond motifs is 5. The van der Waals surface area contributed by atoms with Gasteiger partial charge in [-0.1, -0.05) is 30.3 Å².